The van der Waals surface area contributed by atoms with Gasteiger partial charge in [0.2, 0.25) is 5.75 Å². The van der Waals surface area contributed by atoms with Crippen LogP contribution in [0.3, 0.4) is 0 Å². The summed E-state index contributed by atoms with van der Waals surface area (Å²) >= 11 is 0. The number of rotatable bonds is 9. The number of nitrogens with one attached hydrogen (secondary N) is 1. The number of para-hydroxylation sites is 2. The molecule has 3 aromatic rings. The lowest BCUT2D eigenvalue weighted by molar-refractivity contribution is 0.0952. The molecule has 1 N–H and O–H groups in total. The van der Waals surface area contributed by atoms with E-state index in [2.05, 4.69) is 22.9 Å². The predicted molar refractivity (Wildman–Crippen MR) is 112 cm³/mol. The van der Waals surface area contributed by atoms with Gasteiger partial charge in [-0.1, -0.05) is 12.1 Å². The SMILES string of the molecule is CCn1c(CCCNC(=O)c2cc(OC)c(OC)c(OC)c2)nc2ccccc21. The van der Waals surface area contributed by atoms with Crippen molar-refractivity contribution in [3.8, 4) is 17.2 Å². The van der Waals surface area contributed by atoms with Crippen LogP contribution in [0.25, 0.3) is 11.0 Å². The highest BCUT2D eigenvalue weighted by atomic mass is 16.5. The number of carbonyl (C=O) groups is 1. The monoisotopic (exact) mass is 397 g/mol. The van der Waals surface area contributed by atoms with Crippen LogP contribution in [0.1, 0.15) is 29.5 Å². The molecule has 0 atom stereocenters. The van der Waals surface area contributed by atoms with E-state index in [0.717, 1.165) is 36.2 Å². The molecule has 3 rings (SSSR count). The van der Waals surface area contributed by atoms with Gasteiger partial charge in [0.25, 0.3) is 5.91 Å². The number of aromatic nitrogens is 2. The molecule has 0 bridgehead atoms. The Bertz CT molecular complexity index is 972. The van der Waals surface area contributed by atoms with Crippen LogP contribution in [0.5, 0.6) is 17.2 Å². The first-order valence-electron chi connectivity index (χ1n) is 9.65. The molecule has 2 aromatic carbocycles. The van der Waals surface area contributed by atoms with Crippen molar-refractivity contribution in [3.05, 3.63) is 47.8 Å². The minimum absolute atomic E-state index is 0.187. The Kier molecular flexibility index (Phi) is 6.59. The molecule has 1 aromatic heterocycles. The highest BCUT2D eigenvalue weighted by Crippen LogP contribution is 2.38. The van der Waals surface area contributed by atoms with Crippen LogP contribution in [0, 0.1) is 0 Å². The zero-order chi connectivity index (χ0) is 20.8. The van der Waals surface area contributed by atoms with E-state index in [9.17, 15) is 4.79 Å². The Hall–Kier alpha value is -3.22. The van der Waals surface area contributed by atoms with Gasteiger partial charge < -0.3 is 24.1 Å². The number of fused-ring (bicyclic) bond motifs is 1. The number of methoxy groups -OCH3 is 3. The summed E-state index contributed by atoms with van der Waals surface area (Å²) in [5.74, 6) is 2.22. The minimum atomic E-state index is -0.187. The summed E-state index contributed by atoms with van der Waals surface area (Å²) < 4.78 is 18.1. The Balaban J connectivity index is 1.63. The van der Waals surface area contributed by atoms with Gasteiger partial charge in [0.05, 0.1) is 32.4 Å². The molecule has 0 unspecified atom stereocenters. The van der Waals surface area contributed by atoms with Gasteiger partial charge >= 0.3 is 0 Å². The van der Waals surface area contributed by atoms with Gasteiger partial charge in [0, 0.05) is 25.1 Å². The normalized spacial score (nSPS) is 10.8. The molecule has 7 heteroatoms. The average molecular weight is 397 g/mol. The van der Waals surface area contributed by atoms with Crippen LogP contribution in [0.15, 0.2) is 36.4 Å². The molecule has 154 valence electrons. The molecule has 1 heterocycles. The van der Waals surface area contributed by atoms with Crippen molar-refractivity contribution < 1.29 is 19.0 Å². The molecule has 7 nitrogen and oxygen atoms in total. The zero-order valence-corrected chi connectivity index (χ0v) is 17.3. The van der Waals surface area contributed by atoms with Crippen molar-refractivity contribution in [2.75, 3.05) is 27.9 Å². The van der Waals surface area contributed by atoms with E-state index in [-0.39, 0.29) is 5.91 Å². The van der Waals surface area contributed by atoms with Crippen molar-refractivity contribution >= 4 is 16.9 Å². The Labute approximate surface area is 170 Å². The largest absolute Gasteiger partial charge is 0.493 e. The van der Waals surface area contributed by atoms with Gasteiger partial charge in [-0.2, -0.15) is 0 Å². The number of benzene rings is 2. The van der Waals surface area contributed by atoms with Gasteiger partial charge in [0.15, 0.2) is 11.5 Å². The number of ether oxygens (including phenoxy) is 3. The first-order valence-corrected chi connectivity index (χ1v) is 9.65. The van der Waals surface area contributed by atoms with E-state index in [1.54, 1.807) is 12.1 Å². The van der Waals surface area contributed by atoms with Gasteiger partial charge in [0.1, 0.15) is 5.82 Å². The highest BCUT2D eigenvalue weighted by molar-refractivity contribution is 5.95. The summed E-state index contributed by atoms with van der Waals surface area (Å²) in [6.45, 7) is 3.53. The number of hydrogen-bond acceptors (Lipinski definition) is 5. The third-order valence-electron chi connectivity index (χ3n) is 4.84. The molecule has 1 amide bonds. The van der Waals surface area contributed by atoms with Crippen LogP contribution in [-0.4, -0.2) is 43.3 Å². The number of hydrogen-bond donors (Lipinski definition) is 1. The summed E-state index contributed by atoms with van der Waals surface area (Å²) in [5.41, 5.74) is 2.61. The van der Waals surface area contributed by atoms with E-state index in [1.807, 2.05) is 18.2 Å². The van der Waals surface area contributed by atoms with Gasteiger partial charge in [-0.3, -0.25) is 4.79 Å². The predicted octanol–water partition coefficient (Wildman–Crippen LogP) is 3.44. The summed E-state index contributed by atoms with van der Waals surface area (Å²) in [7, 11) is 4.58. The van der Waals surface area contributed by atoms with E-state index in [1.165, 1.54) is 21.3 Å². The van der Waals surface area contributed by atoms with Crippen molar-refractivity contribution in [2.24, 2.45) is 0 Å². The van der Waals surface area contributed by atoms with Crippen LogP contribution in [0.4, 0.5) is 0 Å². The number of amides is 1. The fraction of sp³-hybridized carbons (Fsp3) is 0.364. The Morgan fingerprint density at radius 2 is 1.76 bits per heavy atom. The first kappa shape index (κ1) is 20.5. The molecule has 0 fully saturated rings. The number of aryl methyl sites for hydroxylation is 2. The molecule has 0 aliphatic heterocycles. The molecular weight excluding hydrogens is 370 g/mol. The molecule has 0 saturated carbocycles. The third-order valence-corrected chi connectivity index (χ3v) is 4.84. The first-order chi connectivity index (χ1) is 14.1. The Morgan fingerprint density at radius 1 is 1.07 bits per heavy atom. The maximum absolute atomic E-state index is 12.6. The lowest BCUT2D eigenvalue weighted by atomic mass is 10.1. The van der Waals surface area contributed by atoms with E-state index < -0.39 is 0 Å². The second-order valence-electron chi connectivity index (χ2n) is 6.53. The summed E-state index contributed by atoms with van der Waals surface area (Å²) in [5, 5.41) is 2.95. The van der Waals surface area contributed by atoms with Crippen LogP contribution in [0.2, 0.25) is 0 Å². The summed E-state index contributed by atoms with van der Waals surface area (Å²) in [4.78, 5) is 17.3. The lowest BCUT2D eigenvalue weighted by Gasteiger charge is -2.14. The minimum Gasteiger partial charge on any atom is -0.493 e. The fourth-order valence-corrected chi connectivity index (χ4v) is 3.43. The smallest absolute Gasteiger partial charge is 0.251 e. The second-order valence-corrected chi connectivity index (χ2v) is 6.53. The summed E-state index contributed by atoms with van der Waals surface area (Å²) in [6.07, 6.45) is 1.58. The molecule has 0 aliphatic carbocycles. The molecule has 0 radical (unpaired) electrons. The van der Waals surface area contributed by atoms with Crippen molar-refractivity contribution in [2.45, 2.75) is 26.3 Å². The number of imidazole rings is 1. The maximum Gasteiger partial charge on any atom is 0.251 e. The van der Waals surface area contributed by atoms with Gasteiger partial charge in [-0.15, -0.1) is 0 Å². The molecule has 0 spiro atoms. The second kappa shape index (κ2) is 9.32. The molecule has 29 heavy (non-hydrogen) atoms. The van der Waals surface area contributed by atoms with E-state index in [0.29, 0.717) is 29.4 Å². The van der Waals surface area contributed by atoms with Crippen LogP contribution < -0.4 is 19.5 Å². The molecular formula is C22H27N3O4. The van der Waals surface area contributed by atoms with E-state index in [4.69, 9.17) is 19.2 Å². The zero-order valence-electron chi connectivity index (χ0n) is 17.3. The van der Waals surface area contributed by atoms with Gasteiger partial charge in [-0.25, -0.2) is 4.98 Å². The lowest BCUT2D eigenvalue weighted by Crippen LogP contribution is -2.25. The van der Waals surface area contributed by atoms with Crippen molar-refractivity contribution in [1.82, 2.24) is 14.9 Å². The number of nitrogens with zero attached hydrogens (tertiary/aromatic N) is 2. The highest BCUT2D eigenvalue weighted by Gasteiger charge is 2.17. The molecule has 0 aliphatic rings. The quantitative estimate of drug-likeness (QED) is 0.560. The van der Waals surface area contributed by atoms with Crippen LogP contribution >= 0.6 is 0 Å². The average Bonchev–Trinajstić information content (AvgIpc) is 3.12. The Morgan fingerprint density at radius 3 is 2.38 bits per heavy atom. The van der Waals surface area contributed by atoms with Crippen molar-refractivity contribution in [1.29, 1.82) is 0 Å². The van der Waals surface area contributed by atoms with Crippen LogP contribution in [-0.2, 0) is 13.0 Å². The molecule has 0 saturated heterocycles. The fourth-order valence-electron chi connectivity index (χ4n) is 3.43. The third kappa shape index (κ3) is 4.29. The standard InChI is InChI=1S/C22H27N3O4/c1-5-25-17-10-7-6-9-16(17)24-20(25)11-8-12-23-22(26)15-13-18(27-2)21(29-4)19(14-15)28-3/h6-7,9-10,13-14H,5,8,11-12H2,1-4H3,(H,23,26). The number of carbonyl (C=O) groups excluding carboxylic acids is 1. The van der Waals surface area contributed by atoms with Gasteiger partial charge in [-0.05, 0) is 37.6 Å². The topological polar surface area (TPSA) is 74.6 Å². The maximum atomic E-state index is 12.6. The van der Waals surface area contributed by atoms with Crippen molar-refractivity contribution in [3.63, 3.8) is 0 Å². The van der Waals surface area contributed by atoms with E-state index >= 15 is 0 Å². The summed E-state index contributed by atoms with van der Waals surface area (Å²) in [6, 6.07) is 11.4.